The molecule has 0 radical (unpaired) electrons. The number of halogens is 2. The first kappa shape index (κ1) is 15.1. The van der Waals surface area contributed by atoms with Crippen LogP contribution in [0.3, 0.4) is 0 Å². The lowest BCUT2D eigenvalue weighted by atomic mass is 10.00. The van der Waals surface area contributed by atoms with Crippen LogP contribution < -0.4 is 11.3 Å². The molecule has 0 aliphatic heterocycles. The second kappa shape index (κ2) is 5.58. The van der Waals surface area contributed by atoms with Gasteiger partial charge in [0, 0.05) is 35.4 Å². The Balaban J connectivity index is 0.00000161. The first-order chi connectivity index (χ1) is 9.58. The molecule has 0 unspecified atom stereocenters. The molecule has 0 atom stereocenters. The molecule has 0 aliphatic rings. The van der Waals surface area contributed by atoms with Crippen LogP contribution in [0.25, 0.3) is 21.9 Å². The molecule has 0 spiro atoms. The maximum atomic E-state index is 14.1. The van der Waals surface area contributed by atoms with Crippen molar-refractivity contribution in [3.8, 4) is 11.1 Å². The van der Waals surface area contributed by atoms with Crippen molar-refractivity contribution in [2.45, 2.75) is 0 Å². The summed E-state index contributed by atoms with van der Waals surface area (Å²) in [6, 6.07) is 11.6. The number of aryl methyl sites for hydroxylation is 1. The molecule has 0 amide bonds. The molecule has 0 saturated carbocycles. The minimum atomic E-state index is -0.358. The zero-order chi connectivity index (χ0) is 14.3. The van der Waals surface area contributed by atoms with Crippen molar-refractivity contribution >= 4 is 28.9 Å². The number of nitrogens with two attached hydrogens (primary N) is 1. The minimum Gasteiger partial charge on any atom is -0.399 e. The van der Waals surface area contributed by atoms with Crippen molar-refractivity contribution in [3.63, 3.8) is 0 Å². The van der Waals surface area contributed by atoms with Crippen LogP contribution in [0.4, 0.5) is 10.1 Å². The summed E-state index contributed by atoms with van der Waals surface area (Å²) in [7, 11) is 1.66. The van der Waals surface area contributed by atoms with E-state index in [9.17, 15) is 9.18 Å². The molecule has 0 aliphatic carbocycles. The van der Waals surface area contributed by atoms with Crippen molar-refractivity contribution in [1.82, 2.24) is 4.57 Å². The molecule has 2 aromatic carbocycles. The molecular weight excluding hydrogens is 291 g/mol. The van der Waals surface area contributed by atoms with E-state index >= 15 is 0 Å². The van der Waals surface area contributed by atoms with E-state index in [0.29, 0.717) is 22.2 Å². The molecule has 21 heavy (non-hydrogen) atoms. The maximum absolute atomic E-state index is 14.1. The average Bonchev–Trinajstić information content (AvgIpc) is 2.46. The van der Waals surface area contributed by atoms with Crippen molar-refractivity contribution in [2.24, 2.45) is 7.05 Å². The highest BCUT2D eigenvalue weighted by molar-refractivity contribution is 5.96. The highest BCUT2D eigenvalue weighted by atomic mass is 35.5. The SMILES string of the molecule is Cl.Cn1cc(-c2cc(N)ccc2F)c2ccccc2c1=O. The van der Waals surface area contributed by atoms with Gasteiger partial charge in [-0.2, -0.15) is 0 Å². The third-order valence-electron chi connectivity index (χ3n) is 3.37. The second-order valence-electron chi connectivity index (χ2n) is 4.74. The minimum absolute atomic E-state index is 0. The van der Waals surface area contributed by atoms with Crippen LogP contribution in [-0.2, 0) is 7.05 Å². The number of rotatable bonds is 1. The Labute approximate surface area is 127 Å². The second-order valence-corrected chi connectivity index (χ2v) is 4.74. The van der Waals surface area contributed by atoms with Crippen molar-refractivity contribution < 1.29 is 4.39 Å². The fourth-order valence-electron chi connectivity index (χ4n) is 2.38. The van der Waals surface area contributed by atoms with Gasteiger partial charge in [-0.1, -0.05) is 18.2 Å². The van der Waals surface area contributed by atoms with Gasteiger partial charge in [-0.15, -0.1) is 12.4 Å². The molecular formula is C16H14ClFN2O. The Kier molecular flexibility index (Phi) is 4.00. The molecule has 5 heteroatoms. The first-order valence-corrected chi connectivity index (χ1v) is 6.21. The van der Waals surface area contributed by atoms with E-state index in [1.165, 1.54) is 16.7 Å². The van der Waals surface area contributed by atoms with Crippen molar-refractivity contribution in [2.75, 3.05) is 5.73 Å². The number of hydrogen-bond acceptors (Lipinski definition) is 2. The van der Waals surface area contributed by atoms with E-state index < -0.39 is 0 Å². The maximum Gasteiger partial charge on any atom is 0.258 e. The molecule has 3 aromatic rings. The number of benzene rings is 2. The summed E-state index contributed by atoms with van der Waals surface area (Å²) >= 11 is 0. The van der Waals surface area contributed by atoms with Crippen LogP contribution in [0.5, 0.6) is 0 Å². The molecule has 3 nitrogen and oxygen atoms in total. The smallest absolute Gasteiger partial charge is 0.258 e. The van der Waals surface area contributed by atoms with Gasteiger partial charge >= 0.3 is 0 Å². The largest absolute Gasteiger partial charge is 0.399 e. The van der Waals surface area contributed by atoms with Crippen LogP contribution in [0, 0.1) is 5.82 Å². The fraction of sp³-hybridized carbons (Fsp3) is 0.0625. The zero-order valence-electron chi connectivity index (χ0n) is 11.3. The summed E-state index contributed by atoms with van der Waals surface area (Å²) in [5, 5.41) is 1.29. The molecule has 1 aromatic heterocycles. The molecule has 3 rings (SSSR count). The van der Waals surface area contributed by atoms with E-state index in [2.05, 4.69) is 0 Å². The molecule has 0 saturated heterocycles. The van der Waals surface area contributed by atoms with Gasteiger partial charge in [0.05, 0.1) is 0 Å². The Hall–Kier alpha value is -2.33. The zero-order valence-corrected chi connectivity index (χ0v) is 12.2. The van der Waals surface area contributed by atoms with Crippen LogP contribution in [-0.4, -0.2) is 4.57 Å². The summed E-state index contributed by atoms with van der Waals surface area (Å²) in [4.78, 5) is 12.1. The van der Waals surface area contributed by atoms with E-state index in [1.807, 2.05) is 12.1 Å². The predicted molar refractivity (Wildman–Crippen MR) is 86.2 cm³/mol. The lowest BCUT2D eigenvalue weighted by Gasteiger charge is -2.11. The number of anilines is 1. The summed E-state index contributed by atoms with van der Waals surface area (Å²) in [6.45, 7) is 0. The number of pyridine rings is 1. The van der Waals surface area contributed by atoms with Gasteiger partial charge in [0.25, 0.3) is 5.56 Å². The van der Waals surface area contributed by atoms with Gasteiger partial charge in [-0.05, 0) is 29.7 Å². The fourth-order valence-corrected chi connectivity index (χ4v) is 2.38. The molecule has 0 bridgehead atoms. The van der Waals surface area contributed by atoms with Gasteiger partial charge in [0.2, 0.25) is 0 Å². The number of nitrogen functional groups attached to an aromatic ring is 1. The number of aromatic nitrogens is 1. The molecule has 2 N–H and O–H groups in total. The van der Waals surface area contributed by atoms with Crippen LogP contribution in [0.2, 0.25) is 0 Å². The Morgan fingerprint density at radius 3 is 2.43 bits per heavy atom. The van der Waals surface area contributed by atoms with Crippen molar-refractivity contribution in [3.05, 3.63) is 64.8 Å². The van der Waals surface area contributed by atoms with Crippen LogP contribution in [0.1, 0.15) is 0 Å². The van der Waals surface area contributed by atoms with Gasteiger partial charge in [0.1, 0.15) is 5.82 Å². The summed E-state index contributed by atoms with van der Waals surface area (Å²) in [6.07, 6.45) is 1.64. The summed E-state index contributed by atoms with van der Waals surface area (Å²) in [5.41, 5.74) is 7.18. The third kappa shape index (κ3) is 2.50. The Morgan fingerprint density at radius 1 is 1.05 bits per heavy atom. The van der Waals surface area contributed by atoms with Crippen LogP contribution >= 0.6 is 12.4 Å². The standard InChI is InChI=1S/C16H13FN2O.ClH/c1-19-9-14(13-8-10(18)6-7-15(13)17)11-4-2-3-5-12(11)16(19)20;/h2-9H,18H2,1H3;1H. The topological polar surface area (TPSA) is 48.0 Å². The van der Waals surface area contributed by atoms with Gasteiger partial charge in [0.15, 0.2) is 0 Å². The van der Waals surface area contributed by atoms with Crippen molar-refractivity contribution in [1.29, 1.82) is 0 Å². The highest BCUT2D eigenvalue weighted by Gasteiger charge is 2.12. The lowest BCUT2D eigenvalue weighted by Crippen LogP contribution is -2.16. The molecule has 108 valence electrons. The van der Waals surface area contributed by atoms with Gasteiger partial charge in [-0.3, -0.25) is 4.79 Å². The third-order valence-corrected chi connectivity index (χ3v) is 3.37. The normalized spacial score (nSPS) is 10.4. The van der Waals surface area contributed by atoms with Crippen LogP contribution in [0.15, 0.2) is 53.5 Å². The van der Waals surface area contributed by atoms with E-state index in [4.69, 9.17) is 5.73 Å². The van der Waals surface area contributed by atoms with E-state index in [1.54, 1.807) is 31.4 Å². The Bertz CT molecular complexity index is 874. The number of hydrogen-bond donors (Lipinski definition) is 1. The Morgan fingerprint density at radius 2 is 1.71 bits per heavy atom. The summed E-state index contributed by atoms with van der Waals surface area (Å²) < 4.78 is 15.5. The average molecular weight is 305 g/mol. The highest BCUT2D eigenvalue weighted by Crippen LogP contribution is 2.30. The monoisotopic (exact) mass is 304 g/mol. The molecule has 1 heterocycles. The molecule has 0 fully saturated rings. The lowest BCUT2D eigenvalue weighted by molar-refractivity contribution is 0.631. The van der Waals surface area contributed by atoms with E-state index in [-0.39, 0.29) is 23.8 Å². The predicted octanol–water partition coefficient (Wildman–Crippen LogP) is 3.35. The van der Waals surface area contributed by atoms with Gasteiger partial charge < -0.3 is 10.3 Å². The summed E-state index contributed by atoms with van der Waals surface area (Å²) in [5.74, 6) is -0.358. The quantitative estimate of drug-likeness (QED) is 0.701. The number of nitrogens with zero attached hydrogens (tertiary/aromatic N) is 1. The number of fused-ring (bicyclic) bond motifs is 1. The van der Waals surface area contributed by atoms with Gasteiger partial charge in [-0.25, -0.2) is 4.39 Å². The van der Waals surface area contributed by atoms with E-state index in [0.717, 1.165) is 5.39 Å². The first-order valence-electron chi connectivity index (χ1n) is 6.21.